The van der Waals surface area contributed by atoms with Crippen LogP contribution in [0.5, 0.6) is 0 Å². The summed E-state index contributed by atoms with van der Waals surface area (Å²) in [6.45, 7) is 8.19. The molecule has 1 aromatic heterocycles. The zero-order valence-corrected chi connectivity index (χ0v) is 13.1. The number of hydrogen-bond acceptors (Lipinski definition) is 4. The summed E-state index contributed by atoms with van der Waals surface area (Å²) < 4.78 is 1.87. The molecule has 118 valence electrons. The minimum Gasteiger partial charge on any atom is -0.327 e. The summed E-state index contributed by atoms with van der Waals surface area (Å²) in [4.78, 5) is 14.2. The smallest absolute Gasteiger partial charge is 0.226 e. The first-order valence-corrected chi connectivity index (χ1v) is 7.92. The standard InChI is InChI=1S/C15H27N5O/c1-3-19(4-2)7-8-20-11-13(10-17-20)18-15(21)9-14(16)12-5-6-12/h10-12,14H,3-9,16H2,1-2H3,(H,18,21). The van der Waals surface area contributed by atoms with E-state index in [1.165, 1.54) is 0 Å². The van der Waals surface area contributed by atoms with E-state index in [0.717, 1.165) is 44.7 Å². The number of carbonyl (C=O) groups is 1. The molecule has 3 N–H and O–H groups in total. The van der Waals surface area contributed by atoms with Crippen LogP contribution in [0.3, 0.4) is 0 Å². The van der Waals surface area contributed by atoms with Gasteiger partial charge in [-0.25, -0.2) is 0 Å². The molecule has 6 heteroatoms. The van der Waals surface area contributed by atoms with Crippen molar-refractivity contribution in [2.45, 2.75) is 45.7 Å². The highest BCUT2D eigenvalue weighted by molar-refractivity contribution is 5.90. The molecule has 2 rings (SSSR count). The zero-order chi connectivity index (χ0) is 15.2. The lowest BCUT2D eigenvalue weighted by Crippen LogP contribution is -2.28. The molecule has 0 spiro atoms. The molecule has 0 aromatic carbocycles. The minimum atomic E-state index is -0.0160. The van der Waals surface area contributed by atoms with E-state index in [0.29, 0.717) is 12.3 Å². The Balaban J connectivity index is 1.75. The average molecular weight is 293 g/mol. The van der Waals surface area contributed by atoms with Crippen LogP contribution in [0.4, 0.5) is 5.69 Å². The topological polar surface area (TPSA) is 76.2 Å². The van der Waals surface area contributed by atoms with Crippen LogP contribution in [0.15, 0.2) is 12.4 Å². The first-order chi connectivity index (χ1) is 10.1. The van der Waals surface area contributed by atoms with Gasteiger partial charge < -0.3 is 16.0 Å². The van der Waals surface area contributed by atoms with Gasteiger partial charge >= 0.3 is 0 Å². The molecule has 21 heavy (non-hydrogen) atoms. The Morgan fingerprint density at radius 1 is 1.52 bits per heavy atom. The van der Waals surface area contributed by atoms with Crippen molar-refractivity contribution in [3.8, 4) is 0 Å². The fraction of sp³-hybridized carbons (Fsp3) is 0.733. The number of aromatic nitrogens is 2. The molecule has 0 saturated heterocycles. The maximum atomic E-state index is 11.9. The summed E-state index contributed by atoms with van der Waals surface area (Å²) >= 11 is 0. The second kappa shape index (κ2) is 7.56. The second-order valence-corrected chi connectivity index (χ2v) is 5.77. The second-order valence-electron chi connectivity index (χ2n) is 5.77. The van der Waals surface area contributed by atoms with Crippen LogP contribution in [0.25, 0.3) is 0 Å². The SMILES string of the molecule is CCN(CC)CCn1cc(NC(=O)CC(N)C2CC2)cn1. The van der Waals surface area contributed by atoms with Crippen molar-refractivity contribution in [1.82, 2.24) is 14.7 Å². The Kier molecular flexibility index (Phi) is 5.76. The average Bonchev–Trinajstić information content (AvgIpc) is 3.22. The van der Waals surface area contributed by atoms with Crippen molar-refractivity contribution >= 4 is 11.6 Å². The fourth-order valence-corrected chi connectivity index (χ4v) is 2.45. The van der Waals surface area contributed by atoms with Gasteiger partial charge in [-0.1, -0.05) is 13.8 Å². The number of nitrogens with one attached hydrogen (secondary N) is 1. The normalized spacial score (nSPS) is 16.2. The lowest BCUT2D eigenvalue weighted by molar-refractivity contribution is -0.116. The van der Waals surface area contributed by atoms with Crippen LogP contribution in [0.1, 0.15) is 33.1 Å². The van der Waals surface area contributed by atoms with Crippen molar-refractivity contribution in [3.05, 3.63) is 12.4 Å². The van der Waals surface area contributed by atoms with Crippen LogP contribution in [0, 0.1) is 5.92 Å². The summed E-state index contributed by atoms with van der Waals surface area (Å²) in [5.41, 5.74) is 6.72. The van der Waals surface area contributed by atoms with Crippen LogP contribution in [-0.4, -0.2) is 46.3 Å². The predicted molar refractivity (Wildman–Crippen MR) is 84.0 cm³/mol. The van der Waals surface area contributed by atoms with Crippen LogP contribution in [0.2, 0.25) is 0 Å². The predicted octanol–water partition coefficient (Wildman–Crippen LogP) is 1.29. The highest BCUT2D eigenvalue weighted by Gasteiger charge is 2.29. The molecule has 1 unspecified atom stereocenters. The number of nitrogens with two attached hydrogens (primary N) is 1. The number of hydrogen-bond donors (Lipinski definition) is 2. The van der Waals surface area contributed by atoms with Crippen molar-refractivity contribution in [3.63, 3.8) is 0 Å². The number of amides is 1. The van der Waals surface area contributed by atoms with Crippen LogP contribution in [-0.2, 0) is 11.3 Å². The van der Waals surface area contributed by atoms with E-state index in [9.17, 15) is 4.79 Å². The molecular weight excluding hydrogens is 266 g/mol. The van der Waals surface area contributed by atoms with Gasteiger partial charge in [0, 0.05) is 25.2 Å². The van der Waals surface area contributed by atoms with E-state index < -0.39 is 0 Å². The van der Waals surface area contributed by atoms with Crippen LogP contribution < -0.4 is 11.1 Å². The van der Waals surface area contributed by atoms with Crippen LogP contribution >= 0.6 is 0 Å². The largest absolute Gasteiger partial charge is 0.327 e. The molecule has 1 aromatic rings. The van der Waals surface area contributed by atoms with Crippen molar-refractivity contribution in [2.75, 3.05) is 25.0 Å². The summed E-state index contributed by atoms with van der Waals surface area (Å²) in [5, 5.41) is 7.16. The van der Waals surface area contributed by atoms with E-state index in [4.69, 9.17) is 5.73 Å². The van der Waals surface area contributed by atoms with Gasteiger partial charge in [0.05, 0.1) is 18.4 Å². The molecule has 0 aliphatic heterocycles. The summed E-state index contributed by atoms with van der Waals surface area (Å²) in [5.74, 6) is 0.533. The van der Waals surface area contributed by atoms with Crippen molar-refractivity contribution < 1.29 is 4.79 Å². The van der Waals surface area contributed by atoms with Gasteiger partial charge in [-0.3, -0.25) is 9.48 Å². The summed E-state index contributed by atoms with van der Waals surface area (Å²) in [6, 6.07) is 0.00251. The number of carbonyl (C=O) groups excluding carboxylic acids is 1. The Hall–Kier alpha value is -1.40. The van der Waals surface area contributed by atoms with Gasteiger partial charge in [0.15, 0.2) is 0 Å². The number of likely N-dealkylation sites (N-methyl/N-ethyl adjacent to an activating group) is 1. The first-order valence-electron chi connectivity index (χ1n) is 7.92. The molecule has 1 aliphatic carbocycles. The quantitative estimate of drug-likeness (QED) is 0.719. The van der Waals surface area contributed by atoms with E-state index >= 15 is 0 Å². The van der Waals surface area contributed by atoms with Gasteiger partial charge in [0.25, 0.3) is 0 Å². The molecule has 1 aliphatic rings. The highest BCUT2D eigenvalue weighted by Crippen LogP contribution is 2.32. The Morgan fingerprint density at radius 2 is 2.24 bits per heavy atom. The fourth-order valence-electron chi connectivity index (χ4n) is 2.45. The Morgan fingerprint density at radius 3 is 2.86 bits per heavy atom. The third-order valence-corrected chi connectivity index (χ3v) is 4.11. The van der Waals surface area contributed by atoms with Gasteiger partial charge in [0.2, 0.25) is 5.91 Å². The Labute approximate surface area is 126 Å². The monoisotopic (exact) mass is 293 g/mol. The van der Waals surface area contributed by atoms with Gasteiger partial charge in [0.1, 0.15) is 0 Å². The molecule has 1 saturated carbocycles. The van der Waals surface area contributed by atoms with Gasteiger partial charge in [-0.15, -0.1) is 0 Å². The first kappa shape index (κ1) is 16.0. The molecule has 1 heterocycles. The lowest BCUT2D eigenvalue weighted by atomic mass is 10.1. The van der Waals surface area contributed by atoms with E-state index in [-0.39, 0.29) is 11.9 Å². The molecule has 1 amide bonds. The summed E-state index contributed by atoms with van der Waals surface area (Å²) in [6.07, 6.45) is 6.30. The molecular formula is C15H27N5O. The van der Waals surface area contributed by atoms with E-state index in [2.05, 4.69) is 29.2 Å². The highest BCUT2D eigenvalue weighted by atomic mass is 16.1. The molecule has 0 radical (unpaired) electrons. The number of anilines is 1. The van der Waals surface area contributed by atoms with Gasteiger partial charge in [-0.05, 0) is 31.8 Å². The summed E-state index contributed by atoms with van der Waals surface area (Å²) in [7, 11) is 0. The lowest BCUT2D eigenvalue weighted by Gasteiger charge is -2.17. The van der Waals surface area contributed by atoms with E-state index in [1.807, 2.05) is 10.9 Å². The van der Waals surface area contributed by atoms with Gasteiger partial charge in [-0.2, -0.15) is 5.10 Å². The van der Waals surface area contributed by atoms with E-state index in [1.54, 1.807) is 6.20 Å². The van der Waals surface area contributed by atoms with Crippen molar-refractivity contribution in [2.24, 2.45) is 11.7 Å². The molecule has 0 bridgehead atoms. The molecule has 1 atom stereocenters. The molecule has 1 fully saturated rings. The maximum Gasteiger partial charge on any atom is 0.226 e. The Bertz CT molecular complexity index is 451. The zero-order valence-electron chi connectivity index (χ0n) is 13.1. The molecule has 6 nitrogen and oxygen atoms in total. The maximum absolute atomic E-state index is 11.9. The third kappa shape index (κ3) is 5.13. The van der Waals surface area contributed by atoms with Crippen molar-refractivity contribution in [1.29, 1.82) is 0 Å². The third-order valence-electron chi connectivity index (χ3n) is 4.11. The number of nitrogens with zero attached hydrogens (tertiary/aromatic N) is 3. The minimum absolute atomic E-state index is 0.00251. The number of rotatable bonds is 9.